The molecule has 0 aliphatic carbocycles. The molecule has 1 aliphatic rings. The van der Waals surface area contributed by atoms with E-state index in [1.165, 1.54) is 5.69 Å². The van der Waals surface area contributed by atoms with Gasteiger partial charge in [0.1, 0.15) is 12.4 Å². The third-order valence-electron chi connectivity index (χ3n) is 4.84. The zero-order valence-electron chi connectivity index (χ0n) is 15.9. The van der Waals surface area contributed by atoms with Crippen LogP contribution >= 0.6 is 11.3 Å². The predicted molar refractivity (Wildman–Crippen MR) is 112 cm³/mol. The minimum Gasteiger partial charge on any atom is -0.487 e. The van der Waals surface area contributed by atoms with E-state index in [0.717, 1.165) is 42.6 Å². The van der Waals surface area contributed by atoms with E-state index in [0.29, 0.717) is 12.2 Å². The quantitative estimate of drug-likeness (QED) is 0.657. The molecule has 1 saturated heterocycles. The third kappa shape index (κ3) is 4.34. The number of benzene rings is 2. The zero-order valence-corrected chi connectivity index (χ0v) is 16.7. The number of hydrogen-bond donors (Lipinski definition) is 0. The van der Waals surface area contributed by atoms with E-state index in [1.807, 2.05) is 59.7 Å². The van der Waals surface area contributed by atoms with Gasteiger partial charge >= 0.3 is 0 Å². The first-order valence-electron chi connectivity index (χ1n) is 9.42. The maximum Gasteiger partial charge on any atom is 0.253 e. The molecule has 0 atom stereocenters. The Balaban J connectivity index is 1.31. The first kappa shape index (κ1) is 18.5. The molecule has 5 nitrogen and oxygen atoms in total. The molecular formula is C22H23N3O2S. The van der Waals surface area contributed by atoms with Gasteiger partial charge in [-0.05, 0) is 43.3 Å². The van der Waals surface area contributed by atoms with E-state index >= 15 is 0 Å². The van der Waals surface area contributed by atoms with Crippen LogP contribution in [-0.2, 0) is 6.61 Å². The number of thiazole rings is 1. The van der Waals surface area contributed by atoms with E-state index in [9.17, 15) is 4.79 Å². The normalized spacial score (nSPS) is 14.2. The number of carbonyl (C=O) groups excluding carboxylic acids is 1. The number of para-hydroxylation sites is 1. The van der Waals surface area contributed by atoms with Gasteiger partial charge in [-0.15, -0.1) is 11.3 Å². The summed E-state index contributed by atoms with van der Waals surface area (Å²) >= 11 is 1.62. The summed E-state index contributed by atoms with van der Waals surface area (Å²) in [5, 5.41) is 3.04. The van der Waals surface area contributed by atoms with Gasteiger partial charge in [0.15, 0.2) is 0 Å². The Morgan fingerprint density at radius 1 is 1.04 bits per heavy atom. The number of anilines is 1. The fraction of sp³-hybridized carbons (Fsp3) is 0.273. The first-order valence-corrected chi connectivity index (χ1v) is 10.3. The van der Waals surface area contributed by atoms with Gasteiger partial charge in [-0.2, -0.15) is 0 Å². The summed E-state index contributed by atoms with van der Waals surface area (Å²) in [7, 11) is 0. The number of carbonyl (C=O) groups is 1. The Hall–Kier alpha value is -2.86. The number of hydrogen-bond acceptors (Lipinski definition) is 5. The summed E-state index contributed by atoms with van der Waals surface area (Å²) in [6.45, 7) is 5.59. The van der Waals surface area contributed by atoms with Crippen molar-refractivity contribution >= 4 is 22.9 Å². The lowest BCUT2D eigenvalue weighted by molar-refractivity contribution is 0.0746. The predicted octanol–water partition coefficient (Wildman–Crippen LogP) is 3.99. The summed E-state index contributed by atoms with van der Waals surface area (Å²) in [5.74, 6) is 0.825. The highest BCUT2D eigenvalue weighted by Gasteiger charge is 2.22. The Morgan fingerprint density at radius 3 is 2.39 bits per heavy atom. The zero-order chi connectivity index (χ0) is 19.3. The summed E-state index contributed by atoms with van der Waals surface area (Å²) in [5.41, 5.74) is 2.84. The second kappa shape index (κ2) is 8.44. The van der Waals surface area contributed by atoms with Crippen molar-refractivity contribution < 1.29 is 9.53 Å². The number of nitrogens with zero attached hydrogens (tertiary/aromatic N) is 3. The van der Waals surface area contributed by atoms with Crippen LogP contribution in [0.25, 0.3) is 0 Å². The first-order chi connectivity index (χ1) is 13.7. The highest BCUT2D eigenvalue weighted by Crippen LogP contribution is 2.19. The second-order valence-corrected chi connectivity index (χ2v) is 7.85. The van der Waals surface area contributed by atoms with Crippen molar-refractivity contribution in [2.24, 2.45) is 0 Å². The molecule has 1 amide bonds. The molecule has 1 aromatic heterocycles. The van der Waals surface area contributed by atoms with Crippen LogP contribution in [0, 0.1) is 6.92 Å². The van der Waals surface area contributed by atoms with Crippen LogP contribution in [0.1, 0.15) is 21.1 Å². The van der Waals surface area contributed by atoms with E-state index in [-0.39, 0.29) is 5.91 Å². The van der Waals surface area contributed by atoms with Crippen molar-refractivity contribution in [2.45, 2.75) is 13.5 Å². The van der Waals surface area contributed by atoms with E-state index < -0.39 is 0 Å². The number of aromatic nitrogens is 1. The van der Waals surface area contributed by atoms with E-state index in [2.05, 4.69) is 22.0 Å². The molecule has 0 N–H and O–H groups in total. The van der Waals surface area contributed by atoms with Gasteiger partial charge in [-0.3, -0.25) is 4.79 Å². The van der Waals surface area contributed by atoms with Crippen LogP contribution in [0.4, 0.5) is 5.69 Å². The molecule has 1 aliphatic heterocycles. The lowest BCUT2D eigenvalue weighted by atomic mass is 10.1. The molecule has 0 spiro atoms. The number of rotatable bonds is 5. The van der Waals surface area contributed by atoms with Gasteiger partial charge in [0, 0.05) is 42.8 Å². The molecule has 0 bridgehead atoms. The number of ether oxygens (including phenoxy) is 1. The lowest BCUT2D eigenvalue weighted by Crippen LogP contribution is -2.48. The highest BCUT2D eigenvalue weighted by atomic mass is 32.1. The molecule has 144 valence electrons. The highest BCUT2D eigenvalue weighted by molar-refractivity contribution is 7.09. The molecule has 6 heteroatoms. The monoisotopic (exact) mass is 393 g/mol. The summed E-state index contributed by atoms with van der Waals surface area (Å²) < 4.78 is 5.76. The molecule has 2 heterocycles. The summed E-state index contributed by atoms with van der Waals surface area (Å²) in [6, 6.07) is 17.7. The van der Waals surface area contributed by atoms with Gasteiger partial charge in [-0.1, -0.05) is 18.2 Å². The minimum absolute atomic E-state index is 0.0781. The molecule has 1 fully saturated rings. The molecule has 4 rings (SSSR count). The number of piperazine rings is 1. The van der Waals surface area contributed by atoms with Crippen LogP contribution in [0.2, 0.25) is 0 Å². The molecule has 2 aromatic carbocycles. The van der Waals surface area contributed by atoms with Crippen molar-refractivity contribution in [3.8, 4) is 5.75 Å². The molecule has 0 saturated carbocycles. The van der Waals surface area contributed by atoms with Crippen LogP contribution < -0.4 is 9.64 Å². The van der Waals surface area contributed by atoms with Gasteiger partial charge in [0.25, 0.3) is 5.91 Å². The third-order valence-corrected chi connectivity index (χ3v) is 5.67. The summed E-state index contributed by atoms with van der Waals surface area (Å²) in [6.07, 6.45) is 0. The number of amides is 1. The van der Waals surface area contributed by atoms with Crippen LogP contribution in [-0.4, -0.2) is 42.0 Å². The molecule has 28 heavy (non-hydrogen) atoms. The fourth-order valence-electron chi connectivity index (χ4n) is 3.31. The average Bonchev–Trinajstić information content (AvgIpc) is 3.18. The van der Waals surface area contributed by atoms with Gasteiger partial charge in [0.05, 0.1) is 10.7 Å². The minimum atomic E-state index is 0.0781. The second-order valence-electron chi connectivity index (χ2n) is 6.79. The fourth-order valence-corrected chi connectivity index (χ4v) is 3.91. The Morgan fingerprint density at radius 2 is 1.75 bits per heavy atom. The SMILES string of the molecule is Cc1nc(COc2ccc(C(=O)N3CCN(c4ccccc4)CC3)cc2)cs1. The Kier molecular flexibility index (Phi) is 5.58. The Bertz CT molecular complexity index is 916. The average molecular weight is 394 g/mol. The molecule has 3 aromatic rings. The van der Waals surface area contributed by atoms with Crippen molar-refractivity contribution in [3.63, 3.8) is 0 Å². The Labute approximate surface area is 169 Å². The van der Waals surface area contributed by atoms with E-state index in [4.69, 9.17) is 4.74 Å². The van der Waals surface area contributed by atoms with Crippen LogP contribution in [0.5, 0.6) is 5.75 Å². The summed E-state index contributed by atoms with van der Waals surface area (Å²) in [4.78, 5) is 21.4. The van der Waals surface area contributed by atoms with Gasteiger partial charge in [0.2, 0.25) is 0 Å². The van der Waals surface area contributed by atoms with E-state index in [1.54, 1.807) is 11.3 Å². The number of aryl methyl sites for hydroxylation is 1. The maximum atomic E-state index is 12.8. The smallest absolute Gasteiger partial charge is 0.253 e. The standard InChI is InChI=1S/C22H23N3O2S/c1-17-23-19(16-28-17)15-27-21-9-7-18(8-10-21)22(26)25-13-11-24(12-14-25)20-5-3-2-4-6-20/h2-10,16H,11-15H2,1H3. The van der Waals surface area contributed by atoms with Crippen molar-refractivity contribution in [3.05, 3.63) is 76.2 Å². The largest absolute Gasteiger partial charge is 0.487 e. The van der Waals surface area contributed by atoms with Crippen molar-refractivity contribution in [2.75, 3.05) is 31.1 Å². The van der Waals surface area contributed by atoms with Crippen LogP contribution in [0.15, 0.2) is 60.0 Å². The maximum absolute atomic E-state index is 12.8. The van der Waals surface area contributed by atoms with Gasteiger partial charge in [-0.25, -0.2) is 4.98 Å². The molecular weight excluding hydrogens is 370 g/mol. The lowest BCUT2D eigenvalue weighted by Gasteiger charge is -2.36. The van der Waals surface area contributed by atoms with Crippen molar-refractivity contribution in [1.29, 1.82) is 0 Å². The van der Waals surface area contributed by atoms with Crippen LogP contribution in [0.3, 0.4) is 0 Å². The topological polar surface area (TPSA) is 45.7 Å². The molecule has 0 unspecified atom stereocenters. The van der Waals surface area contributed by atoms with Crippen molar-refractivity contribution in [1.82, 2.24) is 9.88 Å². The molecule has 0 radical (unpaired) electrons. The van der Waals surface area contributed by atoms with Gasteiger partial charge < -0.3 is 14.5 Å².